The lowest BCUT2D eigenvalue weighted by atomic mass is 10.1. The molecule has 2 aromatic heterocycles. The van der Waals surface area contributed by atoms with Crippen molar-refractivity contribution in [2.45, 2.75) is 6.92 Å². The van der Waals surface area contributed by atoms with Gasteiger partial charge in [-0.1, -0.05) is 12.1 Å². The summed E-state index contributed by atoms with van der Waals surface area (Å²) in [5.41, 5.74) is 8.03. The van der Waals surface area contributed by atoms with E-state index in [1.807, 2.05) is 19.1 Å². The van der Waals surface area contributed by atoms with Crippen molar-refractivity contribution in [3.63, 3.8) is 0 Å². The number of carbonyl (C=O) groups is 2. The normalized spacial score (nSPS) is 10.2. The monoisotopic (exact) mass is 406 g/mol. The minimum Gasteiger partial charge on any atom is -0.495 e. The van der Waals surface area contributed by atoms with Crippen LogP contribution in [0.3, 0.4) is 0 Å². The lowest BCUT2D eigenvalue weighted by Gasteiger charge is -2.28. The Morgan fingerprint density at radius 1 is 1.10 bits per heavy atom. The Morgan fingerprint density at radius 3 is 2.63 bits per heavy atom. The number of anilines is 4. The van der Waals surface area contributed by atoms with Crippen molar-refractivity contribution in [3.8, 4) is 5.75 Å². The van der Waals surface area contributed by atoms with E-state index in [1.165, 1.54) is 13.3 Å². The molecule has 154 valence electrons. The van der Waals surface area contributed by atoms with Gasteiger partial charge in [0.2, 0.25) is 0 Å². The average molecular weight is 406 g/mol. The summed E-state index contributed by atoms with van der Waals surface area (Å²) in [6.45, 7) is 2.31. The SMILES string of the molecule is CCNC(=O)Nc1ccccc1N(c1cncc(OC)c1)c1ccncc1C(N)=O. The highest BCUT2D eigenvalue weighted by atomic mass is 16.5. The summed E-state index contributed by atoms with van der Waals surface area (Å²) >= 11 is 0. The molecule has 3 amide bonds. The molecule has 0 radical (unpaired) electrons. The molecule has 0 bridgehead atoms. The van der Waals surface area contributed by atoms with Crippen molar-refractivity contribution in [2.75, 3.05) is 23.9 Å². The topological polar surface area (TPSA) is 122 Å². The van der Waals surface area contributed by atoms with E-state index in [1.54, 1.807) is 47.8 Å². The quantitative estimate of drug-likeness (QED) is 0.554. The smallest absolute Gasteiger partial charge is 0.319 e. The van der Waals surface area contributed by atoms with Gasteiger partial charge in [-0.3, -0.25) is 14.8 Å². The largest absolute Gasteiger partial charge is 0.495 e. The van der Waals surface area contributed by atoms with Crippen LogP contribution in [0.1, 0.15) is 17.3 Å². The number of amides is 3. The van der Waals surface area contributed by atoms with Gasteiger partial charge in [0.1, 0.15) is 5.75 Å². The van der Waals surface area contributed by atoms with E-state index >= 15 is 0 Å². The molecule has 0 saturated heterocycles. The molecule has 0 fully saturated rings. The number of urea groups is 1. The molecule has 3 aromatic rings. The van der Waals surface area contributed by atoms with E-state index in [4.69, 9.17) is 10.5 Å². The zero-order valence-corrected chi connectivity index (χ0v) is 16.6. The minimum atomic E-state index is -0.631. The fourth-order valence-corrected chi connectivity index (χ4v) is 2.92. The van der Waals surface area contributed by atoms with Gasteiger partial charge in [-0.2, -0.15) is 0 Å². The van der Waals surface area contributed by atoms with Gasteiger partial charge < -0.3 is 26.0 Å². The second-order valence-corrected chi connectivity index (χ2v) is 6.18. The number of nitrogens with two attached hydrogens (primary N) is 1. The van der Waals surface area contributed by atoms with E-state index in [-0.39, 0.29) is 11.6 Å². The van der Waals surface area contributed by atoms with Crippen LogP contribution in [0, 0.1) is 0 Å². The van der Waals surface area contributed by atoms with Crippen LogP contribution in [0.15, 0.2) is 61.2 Å². The summed E-state index contributed by atoms with van der Waals surface area (Å²) in [4.78, 5) is 34.3. The first-order chi connectivity index (χ1) is 14.5. The molecule has 0 aliphatic carbocycles. The third-order valence-electron chi connectivity index (χ3n) is 4.23. The van der Waals surface area contributed by atoms with Gasteiger partial charge in [-0.25, -0.2) is 4.79 Å². The zero-order valence-electron chi connectivity index (χ0n) is 16.6. The number of ether oxygens (including phenoxy) is 1. The van der Waals surface area contributed by atoms with Gasteiger partial charge in [-0.15, -0.1) is 0 Å². The lowest BCUT2D eigenvalue weighted by Crippen LogP contribution is -2.29. The Bertz CT molecular complexity index is 1060. The van der Waals surface area contributed by atoms with E-state index < -0.39 is 5.91 Å². The van der Waals surface area contributed by atoms with Gasteiger partial charge in [-0.05, 0) is 25.1 Å². The van der Waals surface area contributed by atoms with Crippen molar-refractivity contribution in [3.05, 3.63) is 66.7 Å². The summed E-state index contributed by atoms with van der Waals surface area (Å²) < 4.78 is 5.31. The number of carbonyl (C=O) groups excluding carboxylic acids is 2. The zero-order chi connectivity index (χ0) is 21.5. The van der Waals surface area contributed by atoms with Crippen LogP contribution in [-0.2, 0) is 0 Å². The van der Waals surface area contributed by atoms with Gasteiger partial charge in [0.05, 0.1) is 47.8 Å². The van der Waals surface area contributed by atoms with Gasteiger partial charge in [0.25, 0.3) is 5.91 Å². The molecule has 2 heterocycles. The molecule has 1 aromatic carbocycles. The summed E-state index contributed by atoms with van der Waals surface area (Å²) in [6.07, 6.45) is 6.15. The maximum absolute atomic E-state index is 12.2. The third-order valence-corrected chi connectivity index (χ3v) is 4.23. The van der Waals surface area contributed by atoms with Gasteiger partial charge in [0, 0.05) is 25.0 Å². The predicted octanol–water partition coefficient (Wildman–Crippen LogP) is 3.20. The molecule has 0 saturated carbocycles. The molecular formula is C21H22N6O3. The first-order valence-corrected chi connectivity index (χ1v) is 9.22. The molecular weight excluding hydrogens is 384 g/mol. The van der Waals surface area contributed by atoms with E-state index in [2.05, 4.69) is 20.6 Å². The maximum Gasteiger partial charge on any atom is 0.319 e. The number of nitrogens with one attached hydrogen (secondary N) is 2. The standard InChI is InChI=1S/C21H22N6O3/c1-3-25-21(29)26-17-6-4-5-7-19(17)27(14-10-15(30-2)12-24-11-14)18-8-9-23-13-16(18)20(22)28/h4-13H,3H2,1-2H3,(H2,22,28)(H2,25,26,29). The van der Waals surface area contributed by atoms with Gasteiger partial charge in [0.15, 0.2) is 0 Å². The summed E-state index contributed by atoms with van der Waals surface area (Å²) in [5, 5.41) is 5.54. The molecule has 0 unspecified atom stereocenters. The fraction of sp³-hybridized carbons (Fsp3) is 0.143. The fourth-order valence-electron chi connectivity index (χ4n) is 2.92. The van der Waals surface area contributed by atoms with Crippen LogP contribution in [0.4, 0.5) is 27.5 Å². The summed E-state index contributed by atoms with van der Waals surface area (Å²) in [7, 11) is 1.54. The predicted molar refractivity (Wildman–Crippen MR) is 114 cm³/mol. The molecule has 3 rings (SSSR count). The number of nitrogens with zero attached hydrogens (tertiary/aromatic N) is 3. The number of rotatable bonds is 7. The highest BCUT2D eigenvalue weighted by molar-refractivity contribution is 6.02. The highest BCUT2D eigenvalue weighted by Crippen LogP contribution is 2.40. The van der Waals surface area contributed by atoms with Crippen molar-refractivity contribution in [2.24, 2.45) is 5.73 Å². The van der Waals surface area contributed by atoms with Crippen molar-refractivity contribution in [1.29, 1.82) is 0 Å². The molecule has 0 atom stereocenters. The maximum atomic E-state index is 12.2. The van der Waals surface area contributed by atoms with E-state index in [0.29, 0.717) is 35.0 Å². The molecule has 0 aliphatic rings. The number of aromatic nitrogens is 2. The highest BCUT2D eigenvalue weighted by Gasteiger charge is 2.22. The first-order valence-electron chi connectivity index (χ1n) is 9.22. The molecule has 30 heavy (non-hydrogen) atoms. The molecule has 4 N–H and O–H groups in total. The van der Waals surface area contributed by atoms with Crippen LogP contribution in [0.5, 0.6) is 5.75 Å². The molecule has 0 aliphatic heterocycles. The number of benzene rings is 1. The van der Waals surface area contributed by atoms with Crippen molar-refractivity contribution >= 4 is 34.7 Å². The lowest BCUT2D eigenvalue weighted by molar-refractivity contribution is 0.100. The Morgan fingerprint density at radius 2 is 1.90 bits per heavy atom. The number of hydrogen-bond donors (Lipinski definition) is 3. The van der Waals surface area contributed by atoms with Crippen LogP contribution in [0.25, 0.3) is 0 Å². The number of hydrogen-bond acceptors (Lipinski definition) is 6. The Labute approximate surface area is 173 Å². The Hall–Kier alpha value is -4.14. The summed E-state index contributed by atoms with van der Waals surface area (Å²) in [6, 6.07) is 10.3. The average Bonchev–Trinajstić information content (AvgIpc) is 2.76. The van der Waals surface area contributed by atoms with Crippen molar-refractivity contribution < 1.29 is 14.3 Å². The van der Waals surface area contributed by atoms with E-state index in [9.17, 15) is 9.59 Å². The van der Waals surface area contributed by atoms with Crippen LogP contribution in [0.2, 0.25) is 0 Å². The second kappa shape index (κ2) is 9.37. The molecule has 9 nitrogen and oxygen atoms in total. The number of pyridine rings is 2. The molecule has 0 spiro atoms. The van der Waals surface area contributed by atoms with Crippen LogP contribution < -0.4 is 26.0 Å². The number of para-hydroxylation sites is 2. The first kappa shape index (κ1) is 20.6. The van der Waals surface area contributed by atoms with Crippen LogP contribution >= 0.6 is 0 Å². The van der Waals surface area contributed by atoms with Crippen LogP contribution in [-0.4, -0.2) is 35.6 Å². The minimum absolute atomic E-state index is 0.216. The van der Waals surface area contributed by atoms with Gasteiger partial charge >= 0.3 is 6.03 Å². The number of methoxy groups -OCH3 is 1. The molecule has 9 heteroatoms. The summed E-state index contributed by atoms with van der Waals surface area (Å²) in [5.74, 6) is -0.102. The van der Waals surface area contributed by atoms with Crippen molar-refractivity contribution in [1.82, 2.24) is 15.3 Å². The second-order valence-electron chi connectivity index (χ2n) is 6.18. The Balaban J connectivity index is 2.22. The number of primary amides is 1. The Kier molecular flexibility index (Phi) is 6.43. The van der Waals surface area contributed by atoms with E-state index in [0.717, 1.165) is 0 Å². The third kappa shape index (κ3) is 4.46.